The largest absolute Gasteiger partial charge is 0.497 e. The number of hydrogen-bond donors (Lipinski definition) is 1. The molecule has 7 nitrogen and oxygen atoms in total. The molecule has 1 atom stereocenters. The standard InChI is InChI=1S/C22H26N2O5/c1-27-18-7-8-20(28-2)19(13-18)23-22(26)24-10-9-16(14-24)11-15-5-4-6-17(12-15)21(25)29-3/h4-8,12-13,16H,9-11,14H2,1-3H3,(H,23,26). The molecule has 7 heteroatoms. The van der Waals surface area contributed by atoms with Gasteiger partial charge in [-0.2, -0.15) is 0 Å². The minimum absolute atomic E-state index is 0.164. The van der Waals surface area contributed by atoms with E-state index < -0.39 is 0 Å². The van der Waals surface area contributed by atoms with Gasteiger partial charge in [0.15, 0.2) is 0 Å². The number of likely N-dealkylation sites (tertiary alicyclic amines) is 1. The van der Waals surface area contributed by atoms with Crippen LogP contribution in [0.5, 0.6) is 11.5 Å². The lowest BCUT2D eigenvalue weighted by molar-refractivity contribution is 0.0600. The van der Waals surface area contributed by atoms with Gasteiger partial charge in [0.05, 0.1) is 32.6 Å². The number of ether oxygens (including phenoxy) is 3. The van der Waals surface area contributed by atoms with E-state index in [4.69, 9.17) is 14.2 Å². The zero-order valence-electron chi connectivity index (χ0n) is 16.9. The molecule has 0 aromatic heterocycles. The molecule has 0 radical (unpaired) electrons. The number of nitrogens with one attached hydrogen (secondary N) is 1. The van der Waals surface area contributed by atoms with Gasteiger partial charge in [0.25, 0.3) is 0 Å². The van der Waals surface area contributed by atoms with Crippen LogP contribution in [0, 0.1) is 5.92 Å². The number of rotatable bonds is 6. The van der Waals surface area contributed by atoms with Gasteiger partial charge in [-0.1, -0.05) is 12.1 Å². The Morgan fingerprint density at radius 3 is 2.66 bits per heavy atom. The van der Waals surface area contributed by atoms with Gasteiger partial charge >= 0.3 is 12.0 Å². The highest BCUT2D eigenvalue weighted by Crippen LogP contribution is 2.30. The van der Waals surface area contributed by atoms with Crippen LogP contribution in [0.15, 0.2) is 42.5 Å². The van der Waals surface area contributed by atoms with Crippen LogP contribution in [-0.2, 0) is 11.2 Å². The minimum Gasteiger partial charge on any atom is -0.497 e. The second-order valence-electron chi connectivity index (χ2n) is 6.99. The Morgan fingerprint density at radius 2 is 1.93 bits per heavy atom. The van der Waals surface area contributed by atoms with Gasteiger partial charge in [-0.05, 0) is 48.6 Å². The van der Waals surface area contributed by atoms with Crippen molar-refractivity contribution in [2.75, 3.05) is 39.7 Å². The van der Waals surface area contributed by atoms with Crippen molar-refractivity contribution >= 4 is 17.7 Å². The van der Waals surface area contributed by atoms with Crippen molar-refractivity contribution in [2.24, 2.45) is 5.92 Å². The Balaban J connectivity index is 1.61. The molecule has 0 saturated carbocycles. The van der Waals surface area contributed by atoms with Gasteiger partial charge in [-0.3, -0.25) is 0 Å². The molecular weight excluding hydrogens is 372 g/mol. The predicted molar refractivity (Wildman–Crippen MR) is 110 cm³/mol. The van der Waals surface area contributed by atoms with Crippen molar-refractivity contribution in [3.8, 4) is 11.5 Å². The molecule has 1 aliphatic heterocycles. The number of anilines is 1. The molecule has 1 N–H and O–H groups in total. The molecular formula is C22H26N2O5. The molecule has 0 aliphatic carbocycles. The first kappa shape index (κ1) is 20.5. The van der Waals surface area contributed by atoms with Crippen molar-refractivity contribution in [1.29, 1.82) is 0 Å². The highest BCUT2D eigenvalue weighted by atomic mass is 16.5. The normalized spacial score (nSPS) is 15.7. The third kappa shape index (κ3) is 4.99. The first-order valence-corrected chi connectivity index (χ1v) is 9.49. The number of carbonyl (C=O) groups is 2. The summed E-state index contributed by atoms with van der Waals surface area (Å²) in [5.41, 5.74) is 2.18. The van der Waals surface area contributed by atoms with E-state index in [0.717, 1.165) is 18.4 Å². The number of amides is 2. The zero-order valence-corrected chi connectivity index (χ0v) is 16.9. The summed E-state index contributed by atoms with van der Waals surface area (Å²) < 4.78 is 15.3. The first-order valence-electron chi connectivity index (χ1n) is 9.49. The fourth-order valence-corrected chi connectivity index (χ4v) is 3.57. The second-order valence-corrected chi connectivity index (χ2v) is 6.99. The highest BCUT2D eigenvalue weighted by Gasteiger charge is 2.27. The quantitative estimate of drug-likeness (QED) is 0.753. The van der Waals surface area contributed by atoms with Crippen LogP contribution in [0.2, 0.25) is 0 Å². The molecule has 1 unspecified atom stereocenters. The molecule has 1 saturated heterocycles. The van der Waals surface area contributed by atoms with E-state index in [1.807, 2.05) is 18.2 Å². The summed E-state index contributed by atoms with van der Waals surface area (Å²) in [5.74, 6) is 1.22. The third-order valence-electron chi connectivity index (χ3n) is 5.09. The molecule has 1 fully saturated rings. The summed E-state index contributed by atoms with van der Waals surface area (Å²) in [6.45, 7) is 1.33. The van der Waals surface area contributed by atoms with E-state index >= 15 is 0 Å². The van der Waals surface area contributed by atoms with Gasteiger partial charge in [0.1, 0.15) is 11.5 Å². The molecule has 0 bridgehead atoms. The molecule has 1 heterocycles. The van der Waals surface area contributed by atoms with Crippen LogP contribution < -0.4 is 14.8 Å². The summed E-state index contributed by atoms with van der Waals surface area (Å²) >= 11 is 0. The van der Waals surface area contributed by atoms with E-state index in [1.165, 1.54) is 7.11 Å². The monoisotopic (exact) mass is 398 g/mol. The number of urea groups is 1. The Labute approximate surface area is 170 Å². The van der Waals surface area contributed by atoms with E-state index in [2.05, 4.69) is 5.32 Å². The Bertz CT molecular complexity index is 883. The minimum atomic E-state index is -0.341. The lowest BCUT2D eigenvalue weighted by Gasteiger charge is -2.19. The van der Waals surface area contributed by atoms with Crippen LogP contribution >= 0.6 is 0 Å². The first-order chi connectivity index (χ1) is 14.0. The topological polar surface area (TPSA) is 77.1 Å². The second kappa shape index (κ2) is 9.32. The summed E-state index contributed by atoms with van der Waals surface area (Å²) in [6.07, 6.45) is 1.71. The van der Waals surface area contributed by atoms with Gasteiger partial charge in [0, 0.05) is 19.2 Å². The van der Waals surface area contributed by atoms with E-state index in [0.29, 0.717) is 41.8 Å². The highest BCUT2D eigenvalue weighted by molar-refractivity contribution is 5.91. The number of benzene rings is 2. The summed E-state index contributed by atoms with van der Waals surface area (Å²) in [6, 6.07) is 12.6. The van der Waals surface area contributed by atoms with E-state index in [-0.39, 0.29) is 12.0 Å². The van der Waals surface area contributed by atoms with Crippen molar-refractivity contribution in [1.82, 2.24) is 4.90 Å². The fraction of sp³-hybridized carbons (Fsp3) is 0.364. The molecule has 154 valence electrons. The SMILES string of the molecule is COC(=O)c1cccc(CC2CCN(C(=O)Nc3cc(OC)ccc3OC)C2)c1. The maximum absolute atomic E-state index is 12.7. The Morgan fingerprint density at radius 1 is 1.10 bits per heavy atom. The van der Waals surface area contributed by atoms with Crippen LogP contribution in [0.4, 0.5) is 10.5 Å². The third-order valence-corrected chi connectivity index (χ3v) is 5.09. The van der Waals surface area contributed by atoms with Crippen molar-refractivity contribution in [3.63, 3.8) is 0 Å². The van der Waals surface area contributed by atoms with Crippen molar-refractivity contribution in [3.05, 3.63) is 53.6 Å². The number of nitrogens with zero attached hydrogens (tertiary/aromatic N) is 1. The average molecular weight is 398 g/mol. The van der Waals surface area contributed by atoms with Crippen LogP contribution in [0.25, 0.3) is 0 Å². The van der Waals surface area contributed by atoms with Crippen molar-refractivity contribution in [2.45, 2.75) is 12.8 Å². The Hall–Kier alpha value is -3.22. The maximum atomic E-state index is 12.7. The Kier molecular flexibility index (Phi) is 6.59. The van der Waals surface area contributed by atoms with Gasteiger partial charge < -0.3 is 24.4 Å². The average Bonchev–Trinajstić information content (AvgIpc) is 3.21. The molecule has 1 aliphatic rings. The van der Waals surface area contributed by atoms with Crippen molar-refractivity contribution < 1.29 is 23.8 Å². The lowest BCUT2D eigenvalue weighted by atomic mass is 9.97. The van der Waals surface area contributed by atoms with Crippen LogP contribution in [0.3, 0.4) is 0 Å². The lowest BCUT2D eigenvalue weighted by Crippen LogP contribution is -2.33. The molecule has 2 aromatic carbocycles. The predicted octanol–water partition coefficient (Wildman–Crippen LogP) is 3.59. The fourth-order valence-electron chi connectivity index (χ4n) is 3.57. The van der Waals surface area contributed by atoms with E-state index in [9.17, 15) is 9.59 Å². The molecule has 3 rings (SSSR count). The maximum Gasteiger partial charge on any atom is 0.337 e. The summed E-state index contributed by atoms with van der Waals surface area (Å²) in [4.78, 5) is 26.2. The van der Waals surface area contributed by atoms with Gasteiger partial charge in [-0.25, -0.2) is 9.59 Å². The zero-order chi connectivity index (χ0) is 20.8. The van der Waals surface area contributed by atoms with Crippen LogP contribution in [0.1, 0.15) is 22.3 Å². The van der Waals surface area contributed by atoms with Crippen LogP contribution in [-0.4, -0.2) is 51.3 Å². The number of hydrogen-bond acceptors (Lipinski definition) is 5. The number of methoxy groups -OCH3 is 3. The smallest absolute Gasteiger partial charge is 0.337 e. The number of carbonyl (C=O) groups excluding carboxylic acids is 2. The number of esters is 1. The molecule has 0 spiro atoms. The summed E-state index contributed by atoms with van der Waals surface area (Å²) in [7, 11) is 4.51. The van der Waals surface area contributed by atoms with Gasteiger partial charge in [-0.15, -0.1) is 0 Å². The summed E-state index contributed by atoms with van der Waals surface area (Å²) in [5, 5.41) is 2.91. The molecule has 2 amide bonds. The molecule has 29 heavy (non-hydrogen) atoms. The molecule has 2 aromatic rings. The van der Waals surface area contributed by atoms with Gasteiger partial charge in [0.2, 0.25) is 0 Å². The van der Waals surface area contributed by atoms with E-state index in [1.54, 1.807) is 43.4 Å².